The van der Waals surface area contributed by atoms with Crippen molar-refractivity contribution in [2.75, 3.05) is 0 Å². The SMILES string of the molecule is O=C(Oc1ccccc1)C1(c2ccc(Cl)cc2)CCC(=C(NOCc2ccccc2)OCc2ccccc2)CC1. The van der Waals surface area contributed by atoms with Gasteiger partial charge in [-0.05, 0) is 72.2 Å². The van der Waals surface area contributed by atoms with Gasteiger partial charge in [-0.15, -0.1) is 0 Å². The van der Waals surface area contributed by atoms with E-state index in [0.717, 1.165) is 22.3 Å². The molecule has 0 amide bonds. The Morgan fingerprint density at radius 3 is 1.88 bits per heavy atom. The molecule has 0 saturated heterocycles. The zero-order valence-electron chi connectivity index (χ0n) is 22.2. The fourth-order valence-electron chi connectivity index (χ4n) is 4.97. The number of halogens is 1. The Bertz CT molecular complexity index is 1400. The highest BCUT2D eigenvalue weighted by molar-refractivity contribution is 6.30. The zero-order valence-corrected chi connectivity index (χ0v) is 23.0. The molecule has 4 aromatic rings. The highest BCUT2D eigenvalue weighted by Gasteiger charge is 2.44. The van der Waals surface area contributed by atoms with Crippen LogP contribution in [0.15, 0.2) is 127 Å². The summed E-state index contributed by atoms with van der Waals surface area (Å²) in [5, 5.41) is 0.628. The molecule has 0 bridgehead atoms. The van der Waals surface area contributed by atoms with Gasteiger partial charge in [-0.25, -0.2) is 5.48 Å². The number of nitrogens with one attached hydrogen (secondary N) is 1. The number of benzene rings is 4. The van der Waals surface area contributed by atoms with Gasteiger partial charge in [-0.3, -0.25) is 9.63 Å². The van der Waals surface area contributed by atoms with Crippen molar-refractivity contribution in [2.45, 2.75) is 44.3 Å². The second-order valence-electron chi connectivity index (χ2n) is 9.87. The van der Waals surface area contributed by atoms with Crippen LogP contribution < -0.4 is 10.2 Å². The molecule has 40 heavy (non-hydrogen) atoms. The van der Waals surface area contributed by atoms with Crippen LogP contribution in [0.5, 0.6) is 5.75 Å². The third kappa shape index (κ3) is 6.92. The van der Waals surface area contributed by atoms with Crippen molar-refractivity contribution >= 4 is 17.6 Å². The van der Waals surface area contributed by atoms with E-state index in [4.69, 9.17) is 25.9 Å². The van der Waals surface area contributed by atoms with Gasteiger partial charge in [0.25, 0.3) is 0 Å². The summed E-state index contributed by atoms with van der Waals surface area (Å²) < 4.78 is 12.2. The Kier molecular flexibility index (Phi) is 9.17. The predicted octanol–water partition coefficient (Wildman–Crippen LogP) is 7.91. The molecule has 1 fully saturated rings. The van der Waals surface area contributed by atoms with Gasteiger partial charge in [0.15, 0.2) is 0 Å². The van der Waals surface area contributed by atoms with Gasteiger partial charge in [0.2, 0.25) is 5.88 Å². The fourth-order valence-corrected chi connectivity index (χ4v) is 5.10. The van der Waals surface area contributed by atoms with Crippen molar-refractivity contribution < 1.29 is 19.1 Å². The summed E-state index contributed by atoms with van der Waals surface area (Å²) in [6.07, 6.45) is 2.40. The molecule has 1 N–H and O–H groups in total. The maximum Gasteiger partial charge on any atom is 0.321 e. The monoisotopic (exact) mass is 553 g/mol. The number of carbonyl (C=O) groups excluding carboxylic acids is 1. The molecular formula is C34H32ClNO4. The van der Waals surface area contributed by atoms with Crippen molar-refractivity contribution in [3.05, 3.63) is 148 Å². The molecule has 6 heteroatoms. The minimum absolute atomic E-state index is 0.264. The minimum Gasteiger partial charge on any atom is -0.473 e. The molecular weight excluding hydrogens is 522 g/mol. The summed E-state index contributed by atoms with van der Waals surface area (Å²) in [7, 11) is 0. The van der Waals surface area contributed by atoms with Crippen LogP contribution >= 0.6 is 11.6 Å². The van der Waals surface area contributed by atoms with Crippen LogP contribution in [0, 0.1) is 0 Å². The van der Waals surface area contributed by atoms with E-state index in [1.165, 1.54) is 0 Å². The van der Waals surface area contributed by atoms with Crippen LogP contribution in [-0.4, -0.2) is 5.97 Å². The first-order chi connectivity index (χ1) is 19.6. The maximum atomic E-state index is 13.7. The molecule has 1 aliphatic rings. The molecule has 5 rings (SSSR count). The molecule has 0 heterocycles. The first kappa shape index (κ1) is 27.5. The third-order valence-corrected chi connectivity index (χ3v) is 7.49. The van der Waals surface area contributed by atoms with Crippen molar-refractivity contribution in [3.63, 3.8) is 0 Å². The second kappa shape index (κ2) is 13.3. The van der Waals surface area contributed by atoms with E-state index < -0.39 is 5.41 Å². The number of para-hydroxylation sites is 1. The number of carbonyl (C=O) groups is 1. The Hall–Kier alpha value is -4.06. The normalized spacial score (nSPS) is 16.7. The van der Waals surface area contributed by atoms with Gasteiger partial charge in [-0.2, -0.15) is 0 Å². The van der Waals surface area contributed by atoms with Crippen LogP contribution in [0.3, 0.4) is 0 Å². The predicted molar refractivity (Wildman–Crippen MR) is 156 cm³/mol. The van der Waals surface area contributed by atoms with Crippen molar-refractivity contribution in [3.8, 4) is 5.75 Å². The molecule has 0 atom stereocenters. The molecule has 4 aromatic carbocycles. The average Bonchev–Trinajstić information content (AvgIpc) is 3.01. The second-order valence-corrected chi connectivity index (χ2v) is 10.3. The molecule has 204 valence electrons. The first-order valence-electron chi connectivity index (χ1n) is 13.5. The van der Waals surface area contributed by atoms with E-state index in [1.807, 2.05) is 103 Å². The smallest absolute Gasteiger partial charge is 0.321 e. The lowest BCUT2D eigenvalue weighted by atomic mass is 9.68. The molecule has 5 nitrogen and oxygen atoms in total. The van der Waals surface area contributed by atoms with Crippen molar-refractivity contribution in [1.29, 1.82) is 0 Å². The van der Waals surface area contributed by atoms with Crippen LogP contribution in [0.4, 0.5) is 0 Å². The van der Waals surface area contributed by atoms with Crippen LogP contribution in [0.25, 0.3) is 0 Å². The topological polar surface area (TPSA) is 56.8 Å². The number of hydrogen-bond donors (Lipinski definition) is 1. The summed E-state index contributed by atoms with van der Waals surface area (Å²) in [6, 6.07) is 36.7. The van der Waals surface area contributed by atoms with Crippen LogP contribution in [0.2, 0.25) is 5.02 Å². The van der Waals surface area contributed by atoms with E-state index >= 15 is 0 Å². The summed E-state index contributed by atoms with van der Waals surface area (Å²) in [6.45, 7) is 0.796. The van der Waals surface area contributed by atoms with Crippen LogP contribution in [0.1, 0.15) is 42.4 Å². The average molecular weight is 554 g/mol. The van der Waals surface area contributed by atoms with Gasteiger partial charge in [0, 0.05) is 5.02 Å². The van der Waals surface area contributed by atoms with E-state index in [0.29, 0.717) is 55.6 Å². The lowest BCUT2D eigenvalue weighted by Crippen LogP contribution is -2.41. The third-order valence-electron chi connectivity index (χ3n) is 7.24. The molecule has 0 unspecified atom stereocenters. The molecule has 1 aliphatic carbocycles. The van der Waals surface area contributed by atoms with E-state index in [-0.39, 0.29) is 5.97 Å². The first-order valence-corrected chi connectivity index (χ1v) is 13.8. The van der Waals surface area contributed by atoms with Gasteiger partial charge >= 0.3 is 5.97 Å². The number of hydrogen-bond acceptors (Lipinski definition) is 5. The molecule has 0 aromatic heterocycles. The molecule has 1 saturated carbocycles. The van der Waals surface area contributed by atoms with Crippen molar-refractivity contribution in [1.82, 2.24) is 5.48 Å². The van der Waals surface area contributed by atoms with Gasteiger partial charge < -0.3 is 9.47 Å². The van der Waals surface area contributed by atoms with Gasteiger partial charge in [0.1, 0.15) is 12.4 Å². The largest absolute Gasteiger partial charge is 0.473 e. The van der Waals surface area contributed by atoms with E-state index in [1.54, 1.807) is 12.1 Å². The Morgan fingerprint density at radius 1 is 0.725 bits per heavy atom. The number of hydroxylamine groups is 1. The molecule has 0 spiro atoms. The number of allylic oxidation sites excluding steroid dienone is 1. The van der Waals surface area contributed by atoms with Gasteiger partial charge in [-0.1, -0.05) is 103 Å². The summed E-state index contributed by atoms with van der Waals surface area (Å²) >= 11 is 6.19. The Balaban J connectivity index is 1.37. The minimum atomic E-state index is -0.806. The van der Waals surface area contributed by atoms with Gasteiger partial charge in [0.05, 0.1) is 12.0 Å². The summed E-state index contributed by atoms with van der Waals surface area (Å²) in [4.78, 5) is 19.6. The number of ether oxygens (including phenoxy) is 2. The standard InChI is InChI=1S/C34H32ClNO4/c35-30-18-16-29(17-19-30)34(33(37)40-31-14-8-3-9-15-31)22-20-28(21-23-34)32(38-24-26-10-4-1-5-11-26)36-39-25-27-12-6-2-7-13-27/h1-19,36H,20-25H2. The summed E-state index contributed by atoms with van der Waals surface area (Å²) in [5.74, 6) is 0.867. The zero-order chi connectivity index (χ0) is 27.6. The Labute approximate surface area is 240 Å². The fraction of sp³-hybridized carbons (Fsp3) is 0.206. The molecule has 0 radical (unpaired) electrons. The summed E-state index contributed by atoms with van der Waals surface area (Å²) in [5.41, 5.74) is 6.35. The van der Waals surface area contributed by atoms with E-state index in [2.05, 4.69) is 5.48 Å². The highest BCUT2D eigenvalue weighted by Crippen LogP contribution is 2.43. The number of rotatable bonds is 10. The van der Waals surface area contributed by atoms with E-state index in [9.17, 15) is 4.79 Å². The quantitative estimate of drug-likeness (QED) is 0.0935. The lowest BCUT2D eigenvalue weighted by Gasteiger charge is -2.37. The maximum absolute atomic E-state index is 13.7. The number of esters is 1. The Morgan fingerprint density at radius 2 is 1.27 bits per heavy atom. The highest BCUT2D eigenvalue weighted by atomic mass is 35.5. The molecule has 0 aliphatic heterocycles. The lowest BCUT2D eigenvalue weighted by molar-refractivity contribution is -0.142. The van der Waals surface area contributed by atoms with Crippen molar-refractivity contribution in [2.24, 2.45) is 0 Å². The van der Waals surface area contributed by atoms with Crippen LogP contribution in [-0.2, 0) is 33.0 Å².